The second kappa shape index (κ2) is 8.79. The Morgan fingerprint density at radius 3 is 2.88 bits per heavy atom. The van der Waals surface area contributed by atoms with Crippen LogP contribution in [0, 0.1) is 17.0 Å². The highest BCUT2D eigenvalue weighted by Crippen LogP contribution is 2.33. The minimum absolute atomic E-state index is 0.0239. The summed E-state index contributed by atoms with van der Waals surface area (Å²) in [4.78, 5) is 27.4. The molecule has 0 bridgehead atoms. The van der Waals surface area contributed by atoms with E-state index in [0.29, 0.717) is 21.9 Å². The zero-order valence-electron chi connectivity index (χ0n) is 17.8. The van der Waals surface area contributed by atoms with Gasteiger partial charge in [-0.15, -0.1) is 11.3 Å². The number of carbonyl (C=O) groups is 1. The lowest BCUT2D eigenvalue weighted by Gasteiger charge is -2.18. The van der Waals surface area contributed by atoms with E-state index in [4.69, 9.17) is 14.1 Å². The van der Waals surface area contributed by atoms with Crippen LogP contribution < -0.4 is 14.9 Å². The van der Waals surface area contributed by atoms with Crippen molar-refractivity contribution in [1.29, 1.82) is 0 Å². The first kappa shape index (κ1) is 21.3. The third kappa shape index (κ3) is 4.36. The molecule has 34 heavy (non-hydrogen) atoms. The quantitative estimate of drug-likeness (QED) is 0.259. The van der Waals surface area contributed by atoms with Crippen LogP contribution in [0.3, 0.4) is 0 Å². The van der Waals surface area contributed by atoms with Crippen molar-refractivity contribution in [2.45, 2.75) is 6.92 Å². The fourth-order valence-corrected chi connectivity index (χ4v) is 4.22. The summed E-state index contributed by atoms with van der Waals surface area (Å²) in [7, 11) is 0. The van der Waals surface area contributed by atoms with Gasteiger partial charge in [-0.05, 0) is 48.9 Å². The number of hydrogen-bond donors (Lipinski definition) is 1. The van der Waals surface area contributed by atoms with E-state index < -0.39 is 4.92 Å². The van der Waals surface area contributed by atoms with Gasteiger partial charge in [0.05, 0.1) is 29.3 Å². The Bertz CT molecular complexity index is 1510. The number of fused-ring (bicyclic) bond motifs is 1. The number of nitro groups is 1. The highest BCUT2D eigenvalue weighted by Gasteiger charge is 2.18. The Labute approximate surface area is 196 Å². The Hall–Kier alpha value is -4.51. The summed E-state index contributed by atoms with van der Waals surface area (Å²) in [6, 6.07) is 15.9. The zero-order valence-corrected chi connectivity index (χ0v) is 18.6. The maximum atomic E-state index is 11.7. The van der Waals surface area contributed by atoms with Crippen molar-refractivity contribution in [3.63, 3.8) is 0 Å². The average Bonchev–Trinajstić information content (AvgIpc) is 3.44. The lowest BCUT2D eigenvalue weighted by atomic mass is 10.1. The lowest BCUT2D eigenvalue weighted by Crippen LogP contribution is -2.25. The number of carbonyl (C=O) groups excluding carboxylic acids is 1. The molecule has 5 rings (SSSR count). The van der Waals surface area contributed by atoms with Gasteiger partial charge in [-0.2, -0.15) is 5.10 Å². The number of anilines is 1. The molecule has 0 unspecified atom stereocenters. The van der Waals surface area contributed by atoms with E-state index in [1.165, 1.54) is 29.7 Å². The molecule has 4 aromatic rings. The largest absolute Gasteiger partial charge is 0.482 e. The molecule has 0 fully saturated rings. The summed E-state index contributed by atoms with van der Waals surface area (Å²) in [5.41, 5.74) is 3.87. The van der Waals surface area contributed by atoms with Crippen molar-refractivity contribution in [2.75, 3.05) is 11.9 Å². The first-order valence-electron chi connectivity index (χ1n) is 10.1. The highest BCUT2D eigenvalue weighted by molar-refractivity contribution is 7.07. The zero-order chi connectivity index (χ0) is 23.7. The average molecular weight is 475 g/mol. The van der Waals surface area contributed by atoms with Crippen LogP contribution in [0.1, 0.15) is 11.3 Å². The monoisotopic (exact) mass is 475 g/mol. The molecular weight excluding hydrogens is 458 g/mol. The van der Waals surface area contributed by atoms with E-state index in [1.807, 2.05) is 42.6 Å². The van der Waals surface area contributed by atoms with Crippen LogP contribution in [0.5, 0.6) is 5.75 Å². The van der Waals surface area contributed by atoms with Crippen LogP contribution in [-0.4, -0.2) is 28.3 Å². The second-order valence-corrected chi connectivity index (χ2v) is 8.23. The predicted molar refractivity (Wildman–Crippen MR) is 127 cm³/mol. The number of nitrogens with one attached hydrogen (secondary N) is 1. The molecule has 0 saturated heterocycles. The lowest BCUT2D eigenvalue weighted by molar-refractivity contribution is -0.402. The molecule has 170 valence electrons. The minimum atomic E-state index is -0.609. The van der Waals surface area contributed by atoms with Crippen molar-refractivity contribution in [3.8, 4) is 17.0 Å². The molecule has 3 heterocycles. The molecule has 0 spiro atoms. The van der Waals surface area contributed by atoms with E-state index in [-0.39, 0.29) is 24.2 Å². The summed E-state index contributed by atoms with van der Waals surface area (Å²) < 4.78 is 12.3. The van der Waals surface area contributed by atoms with Gasteiger partial charge < -0.3 is 14.5 Å². The van der Waals surface area contributed by atoms with Gasteiger partial charge in [0.2, 0.25) is 4.80 Å². The Morgan fingerprint density at radius 2 is 2.09 bits per heavy atom. The van der Waals surface area contributed by atoms with Crippen molar-refractivity contribution in [1.82, 2.24) is 4.68 Å². The molecule has 10 nitrogen and oxygen atoms in total. The number of furan rings is 1. The molecule has 11 heteroatoms. The van der Waals surface area contributed by atoms with E-state index in [2.05, 4.69) is 10.4 Å². The fraction of sp³-hybridized carbons (Fsp3) is 0.0870. The standard InChI is InChI=1S/C23H17N5O5S/c1-14-3-2-4-16(9-14)25-23-27(24-11-17-6-8-22(33-17)28(30)31)19(13-34-23)15-5-7-20-18(10-15)26-21(29)12-32-20/h2-11,13H,12H2,1H3,(H,26,29). The molecule has 0 atom stereocenters. The molecule has 2 aromatic carbocycles. The second-order valence-electron chi connectivity index (χ2n) is 7.39. The van der Waals surface area contributed by atoms with Crippen molar-refractivity contribution >= 4 is 40.7 Å². The molecule has 0 radical (unpaired) electrons. The Balaban J connectivity index is 1.61. The van der Waals surface area contributed by atoms with Gasteiger partial charge in [0.15, 0.2) is 12.4 Å². The maximum absolute atomic E-state index is 11.7. The highest BCUT2D eigenvalue weighted by atomic mass is 32.1. The van der Waals surface area contributed by atoms with E-state index in [1.54, 1.807) is 16.8 Å². The predicted octanol–water partition coefficient (Wildman–Crippen LogP) is 4.47. The third-order valence-electron chi connectivity index (χ3n) is 4.91. The molecule has 1 aliphatic rings. The molecule has 1 aliphatic heterocycles. The molecule has 0 saturated carbocycles. The number of ether oxygens (including phenoxy) is 1. The van der Waals surface area contributed by atoms with E-state index in [0.717, 1.165) is 16.8 Å². The van der Waals surface area contributed by atoms with Gasteiger partial charge in [-0.3, -0.25) is 14.9 Å². The van der Waals surface area contributed by atoms with Crippen LogP contribution in [0.2, 0.25) is 0 Å². The van der Waals surface area contributed by atoms with E-state index >= 15 is 0 Å². The van der Waals surface area contributed by atoms with Crippen LogP contribution in [0.4, 0.5) is 17.3 Å². The van der Waals surface area contributed by atoms with E-state index in [9.17, 15) is 14.9 Å². The van der Waals surface area contributed by atoms with Gasteiger partial charge >= 0.3 is 5.88 Å². The van der Waals surface area contributed by atoms with Crippen molar-refractivity contribution in [3.05, 3.63) is 86.2 Å². The van der Waals surface area contributed by atoms with Crippen LogP contribution in [0.15, 0.2) is 74.5 Å². The molecule has 0 aliphatic carbocycles. The van der Waals surface area contributed by atoms with Crippen LogP contribution >= 0.6 is 11.3 Å². The number of hydrogen-bond acceptors (Lipinski definition) is 8. The van der Waals surface area contributed by atoms with Gasteiger partial charge in [-0.25, -0.2) is 9.67 Å². The number of rotatable bonds is 5. The number of benzene rings is 2. The van der Waals surface area contributed by atoms with Crippen LogP contribution in [0.25, 0.3) is 11.3 Å². The Kier molecular flexibility index (Phi) is 5.52. The first-order valence-corrected chi connectivity index (χ1v) is 11.0. The number of thiazole rings is 1. The van der Waals surface area contributed by atoms with Crippen molar-refractivity contribution < 1.29 is 18.9 Å². The topological polar surface area (TPSA) is 124 Å². The summed E-state index contributed by atoms with van der Waals surface area (Å²) in [5, 5.41) is 20.1. The number of aryl methyl sites for hydroxylation is 1. The number of nitrogens with zero attached hydrogens (tertiary/aromatic N) is 4. The number of aromatic nitrogens is 1. The number of amides is 1. The van der Waals surface area contributed by atoms with Gasteiger partial charge in [0.1, 0.15) is 10.7 Å². The smallest absolute Gasteiger partial charge is 0.433 e. The SMILES string of the molecule is Cc1cccc(N=c2scc(-c3ccc4c(c3)NC(=O)CO4)n2N=Cc2ccc([N+](=O)[O-])o2)c1. The molecular formula is C23H17N5O5S. The summed E-state index contributed by atoms with van der Waals surface area (Å²) in [6.07, 6.45) is 1.39. The van der Waals surface area contributed by atoms with Gasteiger partial charge in [-0.1, -0.05) is 12.1 Å². The summed E-state index contributed by atoms with van der Waals surface area (Å²) in [5.74, 6) is 0.215. The van der Waals surface area contributed by atoms with Crippen molar-refractivity contribution in [2.24, 2.45) is 10.1 Å². The summed E-state index contributed by atoms with van der Waals surface area (Å²) >= 11 is 1.38. The molecule has 2 aromatic heterocycles. The fourth-order valence-electron chi connectivity index (χ4n) is 3.36. The third-order valence-corrected chi connectivity index (χ3v) is 5.73. The van der Waals surface area contributed by atoms with Gasteiger partial charge in [0.25, 0.3) is 5.91 Å². The molecule has 1 amide bonds. The first-order chi connectivity index (χ1) is 16.5. The minimum Gasteiger partial charge on any atom is -0.482 e. The normalized spacial score (nSPS) is 13.6. The van der Waals surface area contributed by atoms with Crippen LogP contribution in [-0.2, 0) is 4.79 Å². The Morgan fingerprint density at radius 1 is 1.21 bits per heavy atom. The summed E-state index contributed by atoms with van der Waals surface area (Å²) in [6.45, 7) is 1.96. The van der Waals surface area contributed by atoms with Gasteiger partial charge in [0, 0.05) is 10.9 Å². The maximum Gasteiger partial charge on any atom is 0.433 e. The molecule has 1 N–H and O–H groups in total.